The van der Waals surface area contributed by atoms with Gasteiger partial charge in [0.15, 0.2) is 0 Å². The maximum absolute atomic E-state index is 13.5. The Hall–Kier alpha value is -3.22. The first kappa shape index (κ1) is 19.7. The van der Waals surface area contributed by atoms with Gasteiger partial charge in [0.2, 0.25) is 5.95 Å². The Bertz CT molecular complexity index is 1380. The molecule has 5 aromatic rings. The molecule has 4 nitrogen and oxygen atoms in total. The summed E-state index contributed by atoms with van der Waals surface area (Å²) in [7, 11) is 0. The Balaban J connectivity index is 1.41. The van der Waals surface area contributed by atoms with Crippen LogP contribution >= 0.6 is 22.9 Å². The highest BCUT2D eigenvalue weighted by molar-refractivity contribution is 7.12. The summed E-state index contributed by atoms with van der Waals surface area (Å²) in [4.78, 5) is 8.15. The molecule has 7 heteroatoms. The van der Waals surface area contributed by atoms with E-state index in [1.54, 1.807) is 23.7 Å². The van der Waals surface area contributed by atoms with Gasteiger partial charge in [-0.25, -0.2) is 9.97 Å². The average molecular weight is 450 g/mol. The van der Waals surface area contributed by atoms with Gasteiger partial charge in [-0.2, -0.15) is 4.39 Å². The molecular formula is C24H17ClFN3OS. The van der Waals surface area contributed by atoms with Crippen LogP contribution in [0.25, 0.3) is 27.2 Å². The van der Waals surface area contributed by atoms with E-state index >= 15 is 0 Å². The Kier molecular flexibility index (Phi) is 5.18. The van der Waals surface area contributed by atoms with Gasteiger partial charge in [0.1, 0.15) is 23.2 Å². The third-order valence-corrected chi connectivity index (χ3v) is 6.31. The van der Waals surface area contributed by atoms with Crippen LogP contribution in [0, 0.1) is 5.95 Å². The van der Waals surface area contributed by atoms with E-state index in [1.165, 1.54) is 12.3 Å². The van der Waals surface area contributed by atoms with Gasteiger partial charge in [-0.05, 0) is 42.3 Å². The summed E-state index contributed by atoms with van der Waals surface area (Å²) in [5, 5.41) is 3.66. The molecule has 0 aliphatic heterocycles. The molecule has 1 atom stereocenters. The summed E-state index contributed by atoms with van der Waals surface area (Å²) in [6, 6.07) is 18.8. The maximum Gasteiger partial charge on any atom is 0.213 e. The molecule has 0 radical (unpaired) electrons. The van der Waals surface area contributed by atoms with E-state index in [-0.39, 0.29) is 6.10 Å². The van der Waals surface area contributed by atoms with Crippen molar-refractivity contribution < 1.29 is 9.13 Å². The van der Waals surface area contributed by atoms with Gasteiger partial charge >= 0.3 is 0 Å². The van der Waals surface area contributed by atoms with Crippen LogP contribution in [-0.2, 0) is 0 Å². The topological polar surface area (TPSA) is 39.9 Å². The van der Waals surface area contributed by atoms with E-state index in [0.717, 1.165) is 38.5 Å². The maximum atomic E-state index is 13.5. The summed E-state index contributed by atoms with van der Waals surface area (Å²) < 4.78 is 21.6. The summed E-state index contributed by atoms with van der Waals surface area (Å²) >= 11 is 7.86. The van der Waals surface area contributed by atoms with E-state index in [4.69, 9.17) is 16.3 Å². The third-order valence-electron chi connectivity index (χ3n) is 5.06. The summed E-state index contributed by atoms with van der Waals surface area (Å²) in [5.41, 5.74) is 4.40. The van der Waals surface area contributed by atoms with Gasteiger partial charge in [-0.15, -0.1) is 11.3 Å². The highest BCUT2D eigenvalue weighted by Gasteiger charge is 2.14. The zero-order valence-corrected chi connectivity index (χ0v) is 18.1. The zero-order valence-electron chi connectivity index (χ0n) is 16.5. The number of nitrogens with zero attached hydrogens (tertiary/aromatic N) is 3. The molecule has 0 fully saturated rings. The number of ether oxygens (including phenoxy) is 1. The number of hydrogen-bond acceptors (Lipinski definition) is 4. The van der Waals surface area contributed by atoms with Crippen molar-refractivity contribution in [3.63, 3.8) is 0 Å². The Morgan fingerprint density at radius 2 is 1.87 bits per heavy atom. The van der Waals surface area contributed by atoms with E-state index in [1.807, 2.05) is 65.4 Å². The fraction of sp³-hybridized carbons (Fsp3) is 0.0833. The predicted octanol–water partition coefficient (Wildman–Crippen LogP) is 7.08. The van der Waals surface area contributed by atoms with Gasteiger partial charge in [-0.3, -0.25) is 4.57 Å². The second-order valence-electron chi connectivity index (χ2n) is 7.09. The minimum absolute atomic E-state index is 0.168. The van der Waals surface area contributed by atoms with Crippen molar-refractivity contribution in [1.82, 2.24) is 14.5 Å². The van der Waals surface area contributed by atoms with Crippen LogP contribution in [-0.4, -0.2) is 14.5 Å². The van der Waals surface area contributed by atoms with Crippen LogP contribution in [0.5, 0.6) is 5.75 Å². The van der Waals surface area contributed by atoms with Crippen molar-refractivity contribution in [2.45, 2.75) is 13.0 Å². The van der Waals surface area contributed by atoms with Crippen LogP contribution in [0.2, 0.25) is 5.02 Å². The fourth-order valence-corrected chi connectivity index (χ4v) is 4.61. The largest absolute Gasteiger partial charge is 0.485 e. The first-order valence-corrected chi connectivity index (χ1v) is 10.9. The molecule has 5 rings (SSSR count). The highest BCUT2D eigenvalue weighted by Crippen LogP contribution is 2.33. The molecule has 0 saturated carbocycles. The minimum atomic E-state index is -0.500. The number of aromatic nitrogens is 3. The lowest BCUT2D eigenvalue weighted by Crippen LogP contribution is -2.03. The molecule has 0 aliphatic carbocycles. The van der Waals surface area contributed by atoms with Crippen molar-refractivity contribution >= 4 is 34.0 Å². The third kappa shape index (κ3) is 3.92. The standard InChI is InChI=1S/C24H17ClFN3OS/c1-15(19-4-2-3-5-20(19)25)30-18-12-24(31-13-18)29-14-28-21-10-16(6-7-22(21)29)17-8-9-27-23(26)11-17/h2-15H,1H3/t15-/m1/s1. The number of hydrogen-bond donors (Lipinski definition) is 0. The fourth-order valence-electron chi connectivity index (χ4n) is 3.52. The quantitative estimate of drug-likeness (QED) is 0.269. The molecule has 2 aromatic carbocycles. The molecule has 3 aromatic heterocycles. The summed E-state index contributed by atoms with van der Waals surface area (Å²) in [6.07, 6.45) is 3.08. The molecule has 0 aliphatic rings. The lowest BCUT2D eigenvalue weighted by Gasteiger charge is -2.15. The first-order valence-electron chi connectivity index (χ1n) is 9.67. The van der Waals surface area contributed by atoms with Crippen LogP contribution < -0.4 is 4.74 Å². The Morgan fingerprint density at radius 3 is 2.71 bits per heavy atom. The van der Waals surface area contributed by atoms with E-state index in [2.05, 4.69) is 9.97 Å². The number of rotatable bonds is 5. The van der Waals surface area contributed by atoms with Crippen LogP contribution in [0.3, 0.4) is 0 Å². The van der Waals surface area contributed by atoms with Gasteiger partial charge in [-0.1, -0.05) is 35.9 Å². The van der Waals surface area contributed by atoms with Crippen molar-refractivity contribution in [2.75, 3.05) is 0 Å². The SMILES string of the molecule is C[C@@H](Oc1csc(-n2cnc3cc(-c4ccnc(F)c4)ccc32)c1)c1ccccc1Cl. The molecule has 0 amide bonds. The smallest absolute Gasteiger partial charge is 0.213 e. The molecule has 0 saturated heterocycles. The second kappa shape index (κ2) is 8.13. The molecular weight excluding hydrogens is 433 g/mol. The number of imidazole rings is 1. The number of fused-ring (bicyclic) bond motifs is 1. The number of thiophene rings is 1. The van der Waals surface area contributed by atoms with Crippen molar-refractivity contribution in [3.8, 4) is 21.9 Å². The number of pyridine rings is 1. The van der Waals surface area contributed by atoms with Crippen LogP contribution in [0.4, 0.5) is 4.39 Å². The summed E-state index contributed by atoms with van der Waals surface area (Å²) in [5.74, 6) is 0.276. The lowest BCUT2D eigenvalue weighted by atomic mass is 10.1. The van der Waals surface area contributed by atoms with E-state index in [0.29, 0.717) is 5.02 Å². The van der Waals surface area contributed by atoms with Gasteiger partial charge in [0, 0.05) is 34.3 Å². The second-order valence-corrected chi connectivity index (χ2v) is 8.38. The molecule has 0 bridgehead atoms. The lowest BCUT2D eigenvalue weighted by molar-refractivity contribution is 0.228. The monoisotopic (exact) mass is 449 g/mol. The molecule has 154 valence electrons. The summed E-state index contributed by atoms with van der Waals surface area (Å²) in [6.45, 7) is 1.98. The minimum Gasteiger partial charge on any atom is -0.485 e. The normalized spacial score (nSPS) is 12.2. The van der Waals surface area contributed by atoms with Gasteiger partial charge in [0.25, 0.3) is 0 Å². The van der Waals surface area contributed by atoms with Crippen LogP contribution in [0.1, 0.15) is 18.6 Å². The average Bonchev–Trinajstić information content (AvgIpc) is 3.40. The number of halogens is 2. The van der Waals surface area contributed by atoms with Crippen molar-refractivity contribution in [1.29, 1.82) is 0 Å². The van der Waals surface area contributed by atoms with Crippen LogP contribution in [0.15, 0.2) is 78.6 Å². The molecule has 0 unspecified atom stereocenters. The molecule has 0 spiro atoms. The number of benzene rings is 2. The predicted molar refractivity (Wildman–Crippen MR) is 123 cm³/mol. The molecule has 3 heterocycles. The highest BCUT2D eigenvalue weighted by atomic mass is 35.5. The van der Waals surface area contributed by atoms with Crippen molar-refractivity contribution in [3.05, 3.63) is 95.1 Å². The zero-order chi connectivity index (χ0) is 21.4. The van der Waals surface area contributed by atoms with E-state index in [9.17, 15) is 4.39 Å². The van der Waals surface area contributed by atoms with Crippen molar-refractivity contribution in [2.24, 2.45) is 0 Å². The van der Waals surface area contributed by atoms with Gasteiger partial charge in [0.05, 0.1) is 11.0 Å². The molecule has 31 heavy (non-hydrogen) atoms. The molecule has 0 N–H and O–H groups in total. The van der Waals surface area contributed by atoms with Gasteiger partial charge < -0.3 is 4.74 Å². The Morgan fingerprint density at radius 1 is 1.03 bits per heavy atom. The van der Waals surface area contributed by atoms with E-state index < -0.39 is 5.95 Å². The Labute approximate surface area is 187 Å². The first-order chi connectivity index (χ1) is 15.1.